The third-order valence-electron chi connectivity index (χ3n) is 2.61. The van der Waals surface area contributed by atoms with Gasteiger partial charge in [-0.15, -0.1) is 0 Å². The Balaban J connectivity index is 2.55. The van der Waals surface area contributed by atoms with Gasteiger partial charge in [-0.1, -0.05) is 15.9 Å². The zero-order valence-electron chi connectivity index (χ0n) is 10.4. The molecule has 17 heavy (non-hydrogen) atoms. The quantitative estimate of drug-likeness (QED) is 0.742. The monoisotopic (exact) mass is 304 g/mol. The van der Waals surface area contributed by atoms with Gasteiger partial charge >= 0.3 is 0 Å². The summed E-state index contributed by atoms with van der Waals surface area (Å²) in [6, 6.07) is 4.71. The molecule has 0 aliphatic carbocycles. The fraction of sp³-hybridized carbons (Fsp3) is 0.538. The lowest BCUT2D eigenvalue weighted by Gasteiger charge is -2.22. The van der Waals surface area contributed by atoms with Gasteiger partial charge in [-0.3, -0.25) is 0 Å². The standard InChI is InChI=1S/C13H18BrFO2/c1-13(2,16-3)4-5-17-12-7-10(9-14)6-11(15)8-12/h6-8H,4-5,9H2,1-3H3. The van der Waals surface area contributed by atoms with Crippen LogP contribution in [0.5, 0.6) is 5.75 Å². The average molecular weight is 305 g/mol. The van der Waals surface area contributed by atoms with Crippen molar-refractivity contribution >= 4 is 15.9 Å². The fourth-order valence-electron chi connectivity index (χ4n) is 1.30. The maximum Gasteiger partial charge on any atom is 0.127 e. The van der Waals surface area contributed by atoms with Crippen molar-refractivity contribution in [2.75, 3.05) is 13.7 Å². The molecular formula is C13H18BrFO2. The Morgan fingerprint density at radius 1 is 1.29 bits per heavy atom. The number of hydrogen-bond acceptors (Lipinski definition) is 2. The molecule has 0 heterocycles. The first-order chi connectivity index (χ1) is 7.96. The van der Waals surface area contributed by atoms with E-state index < -0.39 is 0 Å². The minimum atomic E-state index is -0.275. The highest BCUT2D eigenvalue weighted by molar-refractivity contribution is 9.08. The Kier molecular flexibility index (Phi) is 5.40. The Bertz CT molecular complexity index is 366. The van der Waals surface area contributed by atoms with Gasteiger partial charge in [0.2, 0.25) is 0 Å². The highest BCUT2D eigenvalue weighted by Gasteiger charge is 2.16. The zero-order valence-corrected chi connectivity index (χ0v) is 12.0. The predicted molar refractivity (Wildman–Crippen MR) is 70.2 cm³/mol. The van der Waals surface area contributed by atoms with Gasteiger partial charge in [0.1, 0.15) is 11.6 Å². The van der Waals surface area contributed by atoms with Crippen molar-refractivity contribution in [2.24, 2.45) is 0 Å². The number of halogens is 2. The summed E-state index contributed by atoms with van der Waals surface area (Å²) in [7, 11) is 1.67. The van der Waals surface area contributed by atoms with E-state index in [0.717, 1.165) is 12.0 Å². The van der Waals surface area contributed by atoms with Crippen molar-refractivity contribution in [1.29, 1.82) is 0 Å². The van der Waals surface area contributed by atoms with Crippen LogP contribution in [-0.4, -0.2) is 19.3 Å². The highest BCUT2D eigenvalue weighted by atomic mass is 79.9. The van der Waals surface area contributed by atoms with Gasteiger partial charge in [-0.25, -0.2) is 4.39 Å². The van der Waals surface area contributed by atoms with Gasteiger partial charge in [0.15, 0.2) is 0 Å². The van der Waals surface area contributed by atoms with Crippen molar-refractivity contribution < 1.29 is 13.9 Å². The molecular weight excluding hydrogens is 287 g/mol. The van der Waals surface area contributed by atoms with Crippen LogP contribution in [-0.2, 0) is 10.1 Å². The van der Waals surface area contributed by atoms with Crippen LogP contribution in [0.4, 0.5) is 4.39 Å². The molecule has 0 unspecified atom stereocenters. The molecule has 0 amide bonds. The third-order valence-corrected chi connectivity index (χ3v) is 3.26. The van der Waals surface area contributed by atoms with Crippen LogP contribution in [0, 0.1) is 5.82 Å². The Labute approximate surface area is 110 Å². The summed E-state index contributed by atoms with van der Waals surface area (Å²) >= 11 is 3.29. The topological polar surface area (TPSA) is 18.5 Å². The Morgan fingerprint density at radius 2 is 2.00 bits per heavy atom. The van der Waals surface area contributed by atoms with Crippen LogP contribution in [0.1, 0.15) is 25.8 Å². The summed E-state index contributed by atoms with van der Waals surface area (Å²) < 4.78 is 24.0. The Morgan fingerprint density at radius 3 is 2.59 bits per heavy atom. The van der Waals surface area contributed by atoms with E-state index in [2.05, 4.69) is 15.9 Å². The second-order valence-electron chi connectivity index (χ2n) is 4.49. The summed E-state index contributed by atoms with van der Waals surface area (Å²) in [6.07, 6.45) is 0.754. The largest absolute Gasteiger partial charge is 0.493 e. The number of methoxy groups -OCH3 is 1. The van der Waals surface area contributed by atoms with E-state index in [1.54, 1.807) is 7.11 Å². The van der Waals surface area contributed by atoms with Crippen LogP contribution in [0.2, 0.25) is 0 Å². The lowest BCUT2D eigenvalue weighted by atomic mass is 10.1. The summed E-state index contributed by atoms with van der Waals surface area (Å²) in [5.41, 5.74) is 0.650. The molecule has 0 aromatic heterocycles. The highest BCUT2D eigenvalue weighted by Crippen LogP contribution is 2.20. The lowest BCUT2D eigenvalue weighted by molar-refractivity contribution is 0.00544. The number of benzene rings is 1. The molecule has 4 heteroatoms. The molecule has 1 rings (SSSR count). The fourth-order valence-corrected chi connectivity index (χ4v) is 1.62. The summed E-state index contributed by atoms with van der Waals surface area (Å²) in [5.74, 6) is 0.286. The second kappa shape index (κ2) is 6.36. The van der Waals surface area contributed by atoms with E-state index in [4.69, 9.17) is 9.47 Å². The number of alkyl halides is 1. The van der Waals surface area contributed by atoms with Gasteiger partial charge in [-0.2, -0.15) is 0 Å². The minimum Gasteiger partial charge on any atom is -0.493 e. The van der Waals surface area contributed by atoms with E-state index in [1.807, 2.05) is 19.9 Å². The first kappa shape index (κ1) is 14.5. The van der Waals surface area contributed by atoms with Crippen LogP contribution < -0.4 is 4.74 Å². The van der Waals surface area contributed by atoms with Crippen LogP contribution in [0.25, 0.3) is 0 Å². The van der Waals surface area contributed by atoms with Crippen molar-refractivity contribution in [3.8, 4) is 5.75 Å². The van der Waals surface area contributed by atoms with Crippen molar-refractivity contribution in [2.45, 2.75) is 31.2 Å². The molecule has 0 radical (unpaired) electrons. The molecule has 1 aromatic carbocycles. The van der Waals surface area contributed by atoms with Gasteiger partial charge in [-0.05, 0) is 31.5 Å². The van der Waals surface area contributed by atoms with Crippen LogP contribution in [0.15, 0.2) is 18.2 Å². The molecule has 0 N–H and O–H groups in total. The van der Waals surface area contributed by atoms with E-state index in [1.165, 1.54) is 12.1 Å². The molecule has 0 atom stereocenters. The first-order valence-corrected chi connectivity index (χ1v) is 6.62. The number of ether oxygens (including phenoxy) is 2. The molecule has 0 bridgehead atoms. The van der Waals surface area contributed by atoms with Gasteiger partial charge in [0, 0.05) is 24.9 Å². The number of hydrogen-bond donors (Lipinski definition) is 0. The summed E-state index contributed by atoms with van der Waals surface area (Å²) in [4.78, 5) is 0. The molecule has 0 fully saturated rings. The molecule has 0 saturated carbocycles. The molecule has 0 aliphatic rings. The maximum absolute atomic E-state index is 13.2. The molecule has 0 spiro atoms. The SMILES string of the molecule is COC(C)(C)CCOc1cc(F)cc(CBr)c1. The van der Waals surface area contributed by atoms with Crippen LogP contribution >= 0.6 is 15.9 Å². The Hall–Kier alpha value is -0.610. The van der Waals surface area contributed by atoms with E-state index in [0.29, 0.717) is 17.7 Å². The lowest BCUT2D eigenvalue weighted by Crippen LogP contribution is -2.25. The summed E-state index contributed by atoms with van der Waals surface area (Å²) in [6.45, 7) is 4.49. The third kappa shape index (κ3) is 5.04. The van der Waals surface area contributed by atoms with E-state index in [9.17, 15) is 4.39 Å². The molecule has 1 aromatic rings. The molecule has 96 valence electrons. The zero-order chi connectivity index (χ0) is 12.9. The molecule has 0 saturated heterocycles. The van der Waals surface area contributed by atoms with Crippen molar-refractivity contribution in [1.82, 2.24) is 0 Å². The minimum absolute atomic E-state index is 0.217. The molecule has 0 aliphatic heterocycles. The van der Waals surface area contributed by atoms with Crippen LogP contribution in [0.3, 0.4) is 0 Å². The smallest absolute Gasteiger partial charge is 0.127 e. The van der Waals surface area contributed by atoms with Gasteiger partial charge in [0.25, 0.3) is 0 Å². The van der Waals surface area contributed by atoms with Gasteiger partial charge < -0.3 is 9.47 Å². The van der Waals surface area contributed by atoms with E-state index in [-0.39, 0.29) is 11.4 Å². The maximum atomic E-state index is 13.2. The second-order valence-corrected chi connectivity index (χ2v) is 5.05. The predicted octanol–water partition coefficient (Wildman–Crippen LogP) is 3.91. The van der Waals surface area contributed by atoms with Gasteiger partial charge in [0.05, 0.1) is 12.2 Å². The average Bonchev–Trinajstić information content (AvgIpc) is 2.28. The molecule has 2 nitrogen and oxygen atoms in total. The summed E-state index contributed by atoms with van der Waals surface area (Å²) in [5, 5.41) is 0.616. The van der Waals surface area contributed by atoms with Crippen molar-refractivity contribution in [3.05, 3.63) is 29.6 Å². The number of rotatable bonds is 6. The normalized spacial score (nSPS) is 11.6. The van der Waals surface area contributed by atoms with Crippen molar-refractivity contribution in [3.63, 3.8) is 0 Å². The van der Waals surface area contributed by atoms with E-state index >= 15 is 0 Å². The first-order valence-electron chi connectivity index (χ1n) is 5.50.